The van der Waals surface area contributed by atoms with Crippen LogP contribution < -0.4 is 0 Å². The van der Waals surface area contributed by atoms with Crippen molar-refractivity contribution < 1.29 is 58.2 Å². The summed E-state index contributed by atoms with van der Waals surface area (Å²) in [4.78, 5) is 29.7. The normalized spacial score (nSPS) is 27.2. The van der Waals surface area contributed by atoms with Gasteiger partial charge >= 0.3 is 24.0 Å². The SMILES string of the molecule is C[C@H]1C[C@H](CC(=O)O)CC[C@H]1C(=O)N1CCC2(S(=O)(=O)c3ccc(F)cc3)c3ccc(C(F)(C(F)(F)F)C(F)(F)F)nc3CCC12. The van der Waals surface area contributed by atoms with E-state index in [0.717, 1.165) is 24.3 Å². The van der Waals surface area contributed by atoms with Crippen molar-refractivity contribution in [3.8, 4) is 0 Å². The van der Waals surface area contributed by atoms with E-state index in [1.54, 1.807) is 6.92 Å². The summed E-state index contributed by atoms with van der Waals surface area (Å²) in [7, 11) is -4.63. The largest absolute Gasteiger partial charge is 0.481 e. The third kappa shape index (κ3) is 5.23. The van der Waals surface area contributed by atoms with Gasteiger partial charge in [-0.25, -0.2) is 17.2 Å². The molecule has 0 bridgehead atoms. The maximum Gasteiger partial charge on any atom is 0.437 e. The molecule has 252 valence electrons. The van der Waals surface area contributed by atoms with Gasteiger partial charge in [0, 0.05) is 24.6 Å². The lowest BCUT2D eigenvalue weighted by Crippen LogP contribution is -2.54. The number of carboxylic acids is 1. The molecule has 3 aliphatic rings. The molecule has 5 atom stereocenters. The molecule has 5 rings (SSSR count). The molecular formula is C30H30F8N2O5S. The minimum absolute atomic E-state index is 0.0643. The van der Waals surface area contributed by atoms with Crippen molar-refractivity contribution in [3.05, 3.63) is 59.2 Å². The van der Waals surface area contributed by atoms with Crippen LogP contribution in [0.2, 0.25) is 0 Å². The quantitative estimate of drug-likeness (QED) is 0.285. The van der Waals surface area contributed by atoms with Gasteiger partial charge < -0.3 is 10.0 Å². The van der Waals surface area contributed by atoms with Gasteiger partial charge in [-0.1, -0.05) is 13.0 Å². The van der Waals surface area contributed by atoms with Crippen molar-refractivity contribution >= 4 is 21.7 Å². The molecule has 2 heterocycles. The van der Waals surface area contributed by atoms with Crippen molar-refractivity contribution in [1.29, 1.82) is 0 Å². The number of rotatable bonds is 6. The molecule has 1 N–H and O–H groups in total. The monoisotopic (exact) mass is 682 g/mol. The number of hydrogen-bond donors (Lipinski definition) is 1. The van der Waals surface area contributed by atoms with Crippen LogP contribution >= 0.6 is 0 Å². The summed E-state index contributed by atoms with van der Waals surface area (Å²) in [5.41, 5.74) is -8.55. The Hall–Kier alpha value is -3.30. The molecular weight excluding hydrogens is 652 g/mol. The van der Waals surface area contributed by atoms with E-state index in [0.29, 0.717) is 25.3 Å². The number of likely N-dealkylation sites (tertiary alicyclic amines) is 1. The number of alkyl halides is 7. The zero-order valence-electron chi connectivity index (χ0n) is 24.3. The summed E-state index contributed by atoms with van der Waals surface area (Å²) >= 11 is 0. The van der Waals surface area contributed by atoms with Crippen LogP contribution in [-0.4, -0.2) is 60.2 Å². The maximum absolute atomic E-state index is 15.0. The smallest absolute Gasteiger partial charge is 0.437 e. The highest BCUT2D eigenvalue weighted by atomic mass is 32.2. The molecule has 46 heavy (non-hydrogen) atoms. The zero-order chi connectivity index (χ0) is 34.0. The lowest BCUT2D eigenvalue weighted by molar-refractivity contribution is -0.350. The number of carbonyl (C=O) groups excluding carboxylic acids is 1. The standard InChI is InChI=1S/C30H30F8N2O5S/c1-16-14-17(15-25(41)42)2-7-20(16)26(43)40-13-12-27(46(44,45)19-5-3-18(31)4-6-19)21-8-10-23(39-22(21)9-11-24(27)40)28(32,29(33,34)35)30(36,37)38/h3-6,8,10,16-17,20,24H,2,7,9,11-15H2,1H3,(H,41,42)/t16-,17+,20+,24?,27?/m0/s1. The van der Waals surface area contributed by atoms with Crippen LogP contribution in [0.4, 0.5) is 35.1 Å². The number of amides is 1. The van der Waals surface area contributed by atoms with Crippen LogP contribution in [0.5, 0.6) is 0 Å². The summed E-state index contributed by atoms with van der Waals surface area (Å²) in [5, 5.41) is 9.17. The molecule has 2 aliphatic carbocycles. The molecule has 7 nitrogen and oxygen atoms in total. The van der Waals surface area contributed by atoms with Crippen molar-refractivity contribution in [3.63, 3.8) is 0 Å². The number of fused-ring (bicyclic) bond motifs is 3. The van der Waals surface area contributed by atoms with Crippen LogP contribution in [0.25, 0.3) is 0 Å². The Kier molecular flexibility index (Phi) is 8.47. The summed E-state index contributed by atoms with van der Waals surface area (Å²) in [6.45, 7) is 1.66. The van der Waals surface area contributed by atoms with Crippen molar-refractivity contribution in [2.75, 3.05) is 6.54 Å². The molecule has 16 heteroatoms. The molecule has 0 radical (unpaired) electrons. The summed E-state index contributed by atoms with van der Waals surface area (Å²) < 4.78 is 137. The third-order valence-electron chi connectivity index (χ3n) is 9.80. The summed E-state index contributed by atoms with van der Waals surface area (Å²) in [6.07, 6.45) is -12.6. The van der Waals surface area contributed by atoms with Crippen LogP contribution in [-0.2, 0) is 36.3 Å². The Labute approximate surface area is 258 Å². The lowest BCUT2D eigenvalue weighted by Gasteiger charge is -2.44. The van der Waals surface area contributed by atoms with Gasteiger partial charge in [-0.3, -0.25) is 14.6 Å². The number of aliphatic carboxylic acids is 1. The molecule has 1 amide bonds. The summed E-state index contributed by atoms with van der Waals surface area (Å²) in [6, 6.07) is 3.47. The van der Waals surface area contributed by atoms with E-state index in [2.05, 4.69) is 4.98 Å². The molecule has 2 unspecified atom stereocenters. The highest BCUT2D eigenvalue weighted by molar-refractivity contribution is 7.92. The molecule has 1 aromatic carbocycles. The van der Waals surface area contributed by atoms with Gasteiger partial charge in [-0.15, -0.1) is 0 Å². The van der Waals surface area contributed by atoms with Gasteiger partial charge in [0.1, 0.15) is 10.6 Å². The second-order valence-corrected chi connectivity index (χ2v) is 14.6. The second-order valence-electron chi connectivity index (χ2n) is 12.4. The number of aromatic nitrogens is 1. The number of pyridine rings is 1. The number of hydrogen-bond acceptors (Lipinski definition) is 5. The van der Waals surface area contributed by atoms with E-state index in [4.69, 9.17) is 0 Å². The number of aryl methyl sites for hydroxylation is 1. The van der Waals surface area contributed by atoms with Gasteiger partial charge in [0.25, 0.3) is 0 Å². The first-order valence-electron chi connectivity index (χ1n) is 14.6. The first kappa shape index (κ1) is 34.0. The molecule has 1 saturated carbocycles. The van der Waals surface area contributed by atoms with Crippen molar-refractivity contribution in [1.82, 2.24) is 9.88 Å². The minimum Gasteiger partial charge on any atom is -0.481 e. The Balaban J connectivity index is 1.60. The Morgan fingerprint density at radius 1 is 0.978 bits per heavy atom. The van der Waals surface area contributed by atoms with Gasteiger partial charge in [-0.2, -0.15) is 26.3 Å². The predicted molar refractivity (Wildman–Crippen MR) is 145 cm³/mol. The fourth-order valence-corrected chi connectivity index (χ4v) is 9.98. The van der Waals surface area contributed by atoms with Crippen LogP contribution in [0.1, 0.15) is 62.4 Å². The number of benzene rings is 1. The minimum atomic E-state index is -6.43. The summed E-state index contributed by atoms with van der Waals surface area (Å²) in [5.74, 6) is -3.11. The average Bonchev–Trinajstić information content (AvgIpc) is 3.37. The third-order valence-corrected chi connectivity index (χ3v) is 12.4. The van der Waals surface area contributed by atoms with Gasteiger partial charge in [0.05, 0.1) is 16.6 Å². The number of carboxylic acid groups (broad SMARTS) is 1. The maximum atomic E-state index is 15.0. The van der Waals surface area contributed by atoms with Crippen LogP contribution in [0, 0.1) is 23.6 Å². The first-order chi connectivity index (χ1) is 21.3. The van der Waals surface area contributed by atoms with Gasteiger partial charge in [0.15, 0.2) is 9.84 Å². The van der Waals surface area contributed by atoms with E-state index in [1.165, 1.54) is 4.90 Å². The highest BCUT2D eigenvalue weighted by Crippen LogP contribution is 2.56. The first-order valence-corrected chi connectivity index (χ1v) is 16.1. The molecule has 1 aromatic heterocycles. The molecule has 2 fully saturated rings. The van der Waals surface area contributed by atoms with Gasteiger partial charge in [0.2, 0.25) is 5.91 Å². The Morgan fingerprint density at radius 3 is 2.17 bits per heavy atom. The second kappa shape index (κ2) is 11.4. The van der Waals surface area contributed by atoms with Crippen molar-refractivity contribution in [2.24, 2.45) is 17.8 Å². The highest BCUT2D eigenvalue weighted by Gasteiger charge is 2.75. The fraction of sp³-hybridized carbons (Fsp3) is 0.567. The van der Waals surface area contributed by atoms with E-state index in [1.807, 2.05) is 0 Å². The van der Waals surface area contributed by atoms with Crippen molar-refractivity contribution in [2.45, 2.75) is 85.6 Å². The van der Waals surface area contributed by atoms with Crippen LogP contribution in [0.3, 0.4) is 0 Å². The molecule has 1 aliphatic heterocycles. The van der Waals surface area contributed by atoms with Crippen LogP contribution in [0.15, 0.2) is 41.3 Å². The zero-order valence-corrected chi connectivity index (χ0v) is 25.2. The fourth-order valence-electron chi connectivity index (χ4n) is 7.62. The average molecular weight is 683 g/mol. The lowest BCUT2D eigenvalue weighted by atomic mass is 9.73. The van der Waals surface area contributed by atoms with E-state index < -0.39 is 78.5 Å². The Bertz CT molecular complexity index is 1620. The number of nitrogens with zero attached hydrogens (tertiary/aromatic N) is 2. The van der Waals surface area contributed by atoms with E-state index in [-0.39, 0.29) is 55.7 Å². The number of sulfone groups is 1. The number of halogens is 8. The van der Waals surface area contributed by atoms with E-state index >= 15 is 0 Å². The molecule has 1 saturated heterocycles. The van der Waals surface area contributed by atoms with Gasteiger partial charge in [-0.05, 0) is 86.3 Å². The van der Waals surface area contributed by atoms with E-state index in [9.17, 15) is 58.2 Å². The topological polar surface area (TPSA) is 105 Å². The predicted octanol–water partition coefficient (Wildman–Crippen LogP) is 6.25. The molecule has 2 aromatic rings. The Morgan fingerprint density at radius 2 is 1.61 bits per heavy atom. The number of carbonyl (C=O) groups is 2. The molecule has 0 spiro atoms.